The van der Waals surface area contributed by atoms with Gasteiger partial charge in [0.1, 0.15) is 11.7 Å². The van der Waals surface area contributed by atoms with Crippen LogP contribution in [0.3, 0.4) is 0 Å². The van der Waals surface area contributed by atoms with Crippen LogP contribution in [0.2, 0.25) is 5.02 Å². The third-order valence-electron chi connectivity index (χ3n) is 3.72. The van der Waals surface area contributed by atoms with Gasteiger partial charge in [0.05, 0.1) is 13.2 Å². The van der Waals surface area contributed by atoms with Crippen LogP contribution in [-0.2, 0) is 11.2 Å². The fourth-order valence-electron chi connectivity index (χ4n) is 2.61. The van der Waals surface area contributed by atoms with Crippen LogP contribution in [0.5, 0.6) is 5.75 Å². The normalized spacial score (nSPS) is 11.9. The summed E-state index contributed by atoms with van der Waals surface area (Å²) in [5, 5.41) is 0.679. The van der Waals surface area contributed by atoms with Crippen LogP contribution in [0.15, 0.2) is 54.1 Å². The molecule has 2 aromatic carbocycles. The molecule has 0 fully saturated rings. The summed E-state index contributed by atoms with van der Waals surface area (Å²) in [7, 11) is 5.53. The summed E-state index contributed by atoms with van der Waals surface area (Å²) in [5.74, 6) is 2.93. The van der Waals surface area contributed by atoms with Crippen LogP contribution in [0.25, 0.3) is 0 Å². The molecule has 3 nitrogen and oxygen atoms in total. The SMILES string of the molecule is COc1ccc(CC(=C=O)C(c2ccc(Cl)cc2)N(C)C)cc1. The number of likely N-dealkylation sites (N-methyl/N-ethyl adjacent to an activating group) is 1. The van der Waals surface area contributed by atoms with Crippen LogP contribution in [-0.4, -0.2) is 32.0 Å². The van der Waals surface area contributed by atoms with Gasteiger partial charge in [0.2, 0.25) is 0 Å². The van der Waals surface area contributed by atoms with Gasteiger partial charge >= 0.3 is 0 Å². The first kappa shape index (κ1) is 17.3. The molecule has 2 aromatic rings. The lowest BCUT2D eigenvalue weighted by Crippen LogP contribution is -2.23. The maximum absolute atomic E-state index is 11.6. The zero-order valence-corrected chi connectivity index (χ0v) is 14.3. The van der Waals surface area contributed by atoms with Crippen molar-refractivity contribution in [3.8, 4) is 5.75 Å². The summed E-state index contributed by atoms with van der Waals surface area (Å²) in [5.41, 5.74) is 2.75. The number of halogens is 1. The van der Waals surface area contributed by atoms with E-state index < -0.39 is 0 Å². The number of methoxy groups -OCH3 is 1. The van der Waals surface area contributed by atoms with Crippen molar-refractivity contribution in [2.75, 3.05) is 21.2 Å². The second-order valence-electron chi connectivity index (χ2n) is 5.57. The van der Waals surface area contributed by atoms with Gasteiger partial charge in [0, 0.05) is 17.0 Å². The third-order valence-corrected chi connectivity index (χ3v) is 3.97. The zero-order chi connectivity index (χ0) is 16.8. The van der Waals surface area contributed by atoms with Gasteiger partial charge in [-0.05, 0) is 49.5 Å². The number of nitrogens with zero attached hydrogens (tertiary/aromatic N) is 1. The Morgan fingerprint density at radius 3 is 2.22 bits per heavy atom. The molecule has 0 heterocycles. The van der Waals surface area contributed by atoms with Crippen molar-refractivity contribution >= 4 is 17.5 Å². The van der Waals surface area contributed by atoms with E-state index in [0.717, 1.165) is 16.9 Å². The van der Waals surface area contributed by atoms with Crippen molar-refractivity contribution in [3.63, 3.8) is 0 Å². The van der Waals surface area contributed by atoms with E-state index in [4.69, 9.17) is 16.3 Å². The fourth-order valence-corrected chi connectivity index (χ4v) is 2.73. The highest BCUT2D eigenvalue weighted by Gasteiger charge is 2.20. The van der Waals surface area contributed by atoms with Crippen molar-refractivity contribution in [3.05, 3.63) is 70.3 Å². The van der Waals surface area contributed by atoms with Gasteiger partial charge in [-0.2, -0.15) is 0 Å². The first-order valence-corrected chi connectivity index (χ1v) is 7.71. The predicted octanol–water partition coefficient (Wildman–Crippen LogP) is 3.95. The molecule has 4 heteroatoms. The van der Waals surface area contributed by atoms with Crippen molar-refractivity contribution in [1.29, 1.82) is 0 Å². The molecule has 0 aliphatic rings. The Morgan fingerprint density at radius 2 is 1.74 bits per heavy atom. The number of ether oxygens (including phenoxy) is 1. The number of benzene rings is 2. The second-order valence-corrected chi connectivity index (χ2v) is 6.01. The molecular weight excluding hydrogens is 310 g/mol. The Hall–Kier alpha value is -2.06. The molecule has 0 bridgehead atoms. The Kier molecular flexibility index (Phi) is 6.00. The Morgan fingerprint density at radius 1 is 1.13 bits per heavy atom. The average molecular weight is 330 g/mol. The summed E-state index contributed by atoms with van der Waals surface area (Å²) in [6, 6.07) is 15.1. The van der Waals surface area contributed by atoms with E-state index >= 15 is 0 Å². The highest BCUT2D eigenvalue weighted by molar-refractivity contribution is 6.30. The first-order valence-electron chi connectivity index (χ1n) is 7.34. The third kappa shape index (κ3) is 4.46. The minimum Gasteiger partial charge on any atom is -0.497 e. The quantitative estimate of drug-likeness (QED) is 0.751. The van der Waals surface area contributed by atoms with Crippen LogP contribution in [0.4, 0.5) is 0 Å². The van der Waals surface area contributed by atoms with Crippen molar-refractivity contribution in [1.82, 2.24) is 4.90 Å². The van der Waals surface area contributed by atoms with Crippen LogP contribution >= 0.6 is 11.6 Å². The fraction of sp³-hybridized carbons (Fsp3) is 0.263. The molecule has 0 N–H and O–H groups in total. The van der Waals surface area contributed by atoms with E-state index in [-0.39, 0.29) is 6.04 Å². The van der Waals surface area contributed by atoms with E-state index in [0.29, 0.717) is 17.0 Å². The lowest BCUT2D eigenvalue weighted by atomic mass is 9.93. The lowest BCUT2D eigenvalue weighted by molar-refractivity contribution is 0.334. The van der Waals surface area contributed by atoms with Gasteiger partial charge in [-0.1, -0.05) is 35.9 Å². The molecule has 0 amide bonds. The van der Waals surface area contributed by atoms with Gasteiger partial charge in [-0.15, -0.1) is 0 Å². The predicted molar refractivity (Wildman–Crippen MR) is 93.8 cm³/mol. The molecule has 0 spiro atoms. The Balaban J connectivity index is 2.28. The summed E-state index contributed by atoms with van der Waals surface area (Å²) >= 11 is 5.96. The van der Waals surface area contributed by atoms with E-state index in [2.05, 4.69) is 5.94 Å². The molecule has 1 atom stereocenters. The molecule has 0 saturated heterocycles. The van der Waals surface area contributed by atoms with Crippen LogP contribution < -0.4 is 4.74 Å². The van der Waals surface area contributed by atoms with E-state index in [1.54, 1.807) is 7.11 Å². The number of hydrogen-bond donors (Lipinski definition) is 0. The van der Waals surface area contributed by atoms with Gasteiger partial charge in [-0.25, -0.2) is 4.79 Å². The van der Waals surface area contributed by atoms with E-state index in [9.17, 15) is 4.79 Å². The number of hydrogen-bond acceptors (Lipinski definition) is 3. The molecule has 2 rings (SSSR count). The maximum atomic E-state index is 11.6. The molecular formula is C19H20ClNO2. The minimum atomic E-state index is -0.133. The van der Waals surface area contributed by atoms with Crippen molar-refractivity contribution in [2.24, 2.45) is 0 Å². The van der Waals surface area contributed by atoms with Crippen molar-refractivity contribution in [2.45, 2.75) is 12.5 Å². The molecule has 0 aliphatic carbocycles. The topological polar surface area (TPSA) is 29.5 Å². The monoisotopic (exact) mass is 329 g/mol. The number of carbonyl (C=O) groups excluding carboxylic acids is 1. The average Bonchev–Trinajstić information content (AvgIpc) is 2.56. The van der Waals surface area contributed by atoms with E-state index in [1.165, 1.54) is 0 Å². The van der Waals surface area contributed by atoms with Crippen LogP contribution in [0.1, 0.15) is 17.2 Å². The summed E-state index contributed by atoms with van der Waals surface area (Å²) in [6.45, 7) is 0. The highest BCUT2D eigenvalue weighted by atomic mass is 35.5. The minimum absolute atomic E-state index is 0.133. The molecule has 0 aliphatic heterocycles. The maximum Gasteiger partial charge on any atom is 0.125 e. The Bertz CT molecular complexity index is 686. The highest BCUT2D eigenvalue weighted by Crippen LogP contribution is 2.28. The summed E-state index contributed by atoms with van der Waals surface area (Å²) < 4.78 is 5.16. The smallest absolute Gasteiger partial charge is 0.125 e. The van der Waals surface area contributed by atoms with Gasteiger partial charge in [-0.3, -0.25) is 4.90 Å². The van der Waals surface area contributed by atoms with Crippen LogP contribution in [0, 0.1) is 0 Å². The zero-order valence-electron chi connectivity index (χ0n) is 13.5. The lowest BCUT2D eigenvalue weighted by Gasteiger charge is -2.25. The van der Waals surface area contributed by atoms with Gasteiger partial charge in [0.15, 0.2) is 0 Å². The molecule has 120 valence electrons. The molecule has 23 heavy (non-hydrogen) atoms. The molecule has 0 saturated carbocycles. The largest absolute Gasteiger partial charge is 0.497 e. The molecule has 1 unspecified atom stereocenters. The van der Waals surface area contributed by atoms with Gasteiger partial charge < -0.3 is 4.74 Å². The molecule has 0 aromatic heterocycles. The van der Waals surface area contributed by atoms with Gasteiger partial charge in [0.25, 0.3) is 0 Å². The van der Waals surface area contributed by atoms with Crippen molar-refractivity contribution < 1.29 is 9.53 Å². The summed E-state index contributed by atoms with van der Waals surface area (Å²) in [6.07, 6.45) is 0.541. The standard InChI is InChI=1S/C19H20ClNO2/c1-21(2)19(15-6-8-17(20)9-7-15)16(13-22)12-14-4-10-18(23-3)11-5-14/h4-11,19H,12H2,1-3H3. The first-order chi connectivity index (χ1) is 11.0. The Labute approximate surface area is 142 Å². The number of rotatable bonds is 6. The van der Waals surface area contributed by atoms with E-state index in [1.807, 2.05) is 67.5 Å². The molecule has 0 radical (unpaired) electrons. The second kappa shape index (κ2) is 7.98. The summed E-state index contributed by atoms with van der Waals surface area (Å²) in [4.78, 5) is 13.6.